The van der Waals surface area contributed by atoms with Crippen molar-refractivity contribution in [3.8, 4) is 11.5 Å². The lowest BCUT2D eigenvalue weighted by Crippen LogP contribution is -2.45. The summed E-state index contributed by atoms with van der Waals surface area (Å²) in [6, 6.07) is 4.07. The van der Waals surface area contributed by atoms with Crippen LogP contribution in [0.4, 0.5) is 0 Å². The molecule has 0 fully saturated rings. The third-order valence-electron chi connectivity index (χ3n) is 4.38. The molecule has 0 saturated carbocycles. The first kappa shape index (κ1) is 16.7. The normalized spacial score (nSPS) is 16.1. The van der Waals surface area contributed by atoms with E-state index in [1.807, 2.05) is 11.0 Å². The van der Waals surface area contributed by atoms with Crippen LogP contribution in [0.15, 0.2) is 12.1 Å². The smallest absolute Gasteiger partial charge is 0.222 e. The summed E-state index contributed by atoms with van der Waals surface area (Å²) < 4.78 is 10.8. The molecule has 22 heavy (non-hydrogen) atoms. The van der Waals surface area contributed by atoms with Gasteiger partial charge in [0.15, 0.2) is 11.5 Å². The summed E-state index contributed by atoms with van der Waals surface area (Å²) in [5.74, 6) is 1.72. The maximum atomic E-state index is 12.4. The molecule has 0 radical (unpaired) electrons. The Balaban J connectivity index is 2.34. The Bertz CT molecular complexity index is 552. The van der Waals surface area contributed by atoms with Gasteiger partial charge >= 0.3 is 0 Å². The van der Waals surface area contributed by atoms with Crippen molar-refractivity contribution in [1.29, 1.82) is 0 Å². The molecule has 1 aromatic rings. The van der Waals surface area contributed by atoms with E-state index in [1.54, 1.807) is 14.2 Å². The molecule has 0 N–H and O–H groups in total. The highest BCUT2D eigenvalue weighted by Gasteiger charge is 2.34. The van der Waals surface area contributed by atoms with Gasteiger partial charge in [0.2, 0.25) is 5.91 Å². The van der Waals surface area contributed by atoms with E-state index in [9.17, 15) is 4.79 Å². The second-order valence-corrected chi connectivity index (χ2v) is 6.60. The van der Waals surface area contributed by atoms with Crippen molar-refractivity contribution in [3.05, 3.63) is 23.3 Å². The Labute approximate surface area is 133 Å². The molecule has 0 atom stereocenters. The Morgan fingerprint density at radius 2 is 1.86 bits per heavy atom. The Hall–Kier alpha value is -1.71. The topological polar surface area (TPSA) is 38.8 Å². The van der Waals surface area contributed by atoms with Crippen molar-refractivity contribution >= 4 is 5.91 Å². The van der Waals surface area contributed by atoms with Crippen molar-refractivity contribution < 1.29 is 14.3 Å². The fourth-order valence-corrected chi connectivity index (χ4v) is 3.17. The van der Waals surface area contributed by atoms with Crippen molar-refractivity contribution in [2.45, 2.75) is 52.0 Å². The summed E-state index contributed by atoms with van der Waals surface area (Å²) in [6.45, 7) is 7.87. The van der Waals surface area contributed by atoms with Crippen molar-refractivity contribution in [1.82, 2.24) is 4.90 Å². The van der Waals surface area contributed by atoms with Crippen LogP contribution < -0.4 is 9.47 Å². The van der Waals surface area contributed by atoms with Crippen LogP contribution in [-0.4, -0.2) is 31.6 Å². The van der Waals surface area contributed by atoms with Gasteiger partial charge in [0, 0.05) is 24.9 Å². The van der Waals surface area contributed by atoms with E-state index in [0.29, 0.717) is 13.0 Å². The number of benzene rings is 1. The predicted octanol–water partition coefficient (Wildman–Crippen LogP) is 3.51. The number of fused-ring (bicyclic) bond motifs is 1. The number of hydrogen-bond acceptors (Lipinski definition) is 3. The van der Waals surface area contributed by atoms with Gasteiger partial charge in [-0.05, 0) is 29.7 Å². The molecule has 0 aliphatic carbocycles. The fourth-order valence-electron chi connectivity index (χ4n) is 3.17. The van der Waals surface area contributed by atoms with Crippen LogP contribution in [0.3, 0.4) is 0 Å². The van der Waals surface area contributed by atoms with Crippen molar-refractivity contribution in [2.24, 2.45) is 0 Å². The van der Waals surface area contributed by atoms with Crippen LogP contribution in [0.1, 0.15) is 51.2 Å². The van der Waals surface area contributed by atoms with Crippen LogP contribution >= 0.6 is 0 Å². The van der Waals surface area contributed by atoms with Crippen molar-refractivity contribution in [3.63, 3.8) is 0 Å². The second kappa shape index (κ2) is 6.59. The highest BCUT2D eigenvalue weighted by Crippen LogP contribution is 2.40. The van der Waals surface area contributed by atoms with Gasteiger partial charge in [0.05, 0.1) is 14.2 Å². The lowest BCUT2D eigenvalue weighted by atomic mass is 9.78. The number of methoxy groups -OCH3 is 2. The Kier molecular flexibility index (Phi) is 4.99. The van der Waals surface area contributed by atoms with Crippen molar-refractivity contribution in [2.75, 3.05) is 20.8 Å². The molecule has 0 spiro atoms. The van der Waals surface area contributed by atoms with E-state index in [-0.39, 0.29) is 11.3 Å². The van der Waals surface area contributed by atoms with E-state index in [0.717, 1.165) is 36.4 Å². The van der Waals surface area contributed by atoms with Gasteiger partial charge in [-0.1, -0.05) is 27.2 Å². The van der Waals surface area contributed by atoms with Crippen LogP contribution in [0, 0.1) is 0 Å². The van der Waals surface area contributed by atoms with E-state index < -0.39 is 0 Å². The summed E-state index contributed by atoms with van der Waals surface area (Å²) in [6.07, 6.45) is 2.63. The first-order valence-corrected chi connectivity index (χ1v) is 7.96. The minimum atomic E-state index is -0.0883. The van der Waals surface area contributed by atoms with Crippen LogP contribution in [-0.2, 0) is 16.8 Å². The Morgan fingerprint density at radius 3 is 2.45 bits per heavy atom. The van der Waals surface area contributed by atoms with Gasteiger partial charge < -0.3 is 14.4 Å². The number of rotatable bonds is 5. The van der Waals surface area contributed by atoms with Gasteiger partial charge in [-0.25, -0.2) is 0 Å². The average molecular weight is 305 g/mol. The number of nitrogens with zero attached hydrogens (tertiary/aromatic N) is 1. The number of carbonyl (C=O) groups excluding carboxylic acids is 1. The molecular formula is C18H27NO3. The summed E-state index contributed by atoms with van der Waals surface area (Å²) in [5, 5.41) is 0. The highest BCUT2D eigenvalue weighted by atomic mass is 16.5. The number of amides is 1. The molecule has 4 nitrogen and oxygen atoms in total. The zero-order valence-electron chi connectivity index (χ0n) is 14.4. The molecule has 4 heteroatoms. The minimum Gasteiger partial charge on any atom is -0.493 e. The number of carbonyl (C=O) groups is 1. The maximum Gasteiger partial charge on any atom is 0.222 e. The van der Waals surface area contributed by atoms with Gasteiger partial charge in [-0.3, -0.25) is 4.79 Å². The molecular weight excluding hydrogens is 278 g/mol. The van der Waals surface area contributed by atoms with Crippen LogP contribution in [0.5, 0.6) is 11.5 Å². The predicted molar refractivity (Wildman–Crippen MR) is 87.5 cm³/mol. The van der Waals surface area contributed by atoms with E-state index in [1.165, 1.54) is 5.56 Å². The number of ether oxygens (including phenoxy) is 2. The van der Waals surface area contributed by atoms with E-state index in [4.69, 9.17) is 9.47 Å². The molecule has 0 bridgehead atoms. The quantitative estimate of drug-likeness (QED) is 0.835. The largest absolute Gasteiger partial charge is 0.493 e. The summed E-state index contributed by atoms with van der Waals surface area (Å²) in [7, 11) is 3.29. The lowest BCUT2D eigenvalue weighted by Gasteiger charge is -2.40. The average Bonchev–Trinajstić information content (AvgIpc) is 2.50. The molecule has 1 aromatic carbocycles. The van der Waals surface area contributed by atoms with Gasteiger partial charge in [0.1, 0.15) is 0 Å². The first-order valence-electron chi connectivity index (χ1n) is 7.96. The second-order valence-electron chi connectivity index (χ2n) is 6.60. The summed E-state index contributed by atoms with van der Waals surface area (Å²) in [5.41, 5.74) is 2.30. The maximum absolute atomic E-state index is 12.4. The molecule has 0 unspecified atom stereocenters. The molecule has 0 aromatic heterocycles. The standard InChI is InChI=1S/C18H27NO3/c1-6-7-8-17(20)19-11-13-9-15(21-4)16(22-5)10-14(13)18(2,3)12-19/h9-10H,6-8,11-12H2,1-5H3. The molecule has 1 aliphatic heterocycles. The highest BCUT2D eigenvalue weighted by molar-refractivity contribution is 5.77. The lowest BCUT2D eigenvalue weighted by molar-refractivity contribution is -0.133. The molecule has 122 valence electrons. The SMILES string of the molecule is CCCCC(=O)N1Cc2cc(OC)c(OC)cc2C(C)(C)C1. The first-order chi connectivity index (χ1) is 10.4. The van der Waals surface area contributed by atoms with Crippen LogP contribution in [0.25, 0.3) is 0 Å². The number of unbranched alkanes of at least 4 members (excludes halogenated alkanes) is 1. The summed E-state index contributed by atoms with van der Waals surface area (Å²) >= 11 is 0. The minimum absolute atomic E-state index is 0.0883. The van der Waals surface area contributed by atoms with Crippen LogP contribution in [0.2, 0.25) is 0 Å². The molecule has 1 heterocycles. The molecule has 0 saturated heterocycles. The third-order valence-corrected chi connectivity index (χ3v) is 4.38. The Morgan fingerprint density at radius 1 is 1.23 bits per heavy atom. The monoisotopic (exact) mass is 305 g/mol. The zero-order chi connectivity index (χ0) is 16.3. The van der Waals surface area contributed by atoms with E-state index >= 15 is 0 Å². The third kappa shape index (κ3) is 3.21. The summed E-state index contributed by atoms with van der Waals surface area (Å²) in [4.78, 5) is 14.4. The number of hydrogen-bond donors (Lipinski definition) is 0. The fraction of sp³-hybridized carbons (Fsp3) is 0.611. The molecule has 2 rings (SSSR count). The molecule has 1 amide bonds. The van der Waals surface area contributed by atoms with E-state index in [2.05, 4.69) is 26.8 Å². The van der Waals surface area contributed by atoms with Gasteiger partial charge in [-0.15, -0.1) is 0 Å². The molecule has 1 aliphatic rings. The zero-order valence-corrected chi connectivity index (χ0v) is 14.4. The van der Waals surface area contributed by atoms with Gasteiger partial charge in [0.25, 0.3) is 0 Å². The van der Waals surface area contributed by atoms with Gasteiger partial charge in [-0.2, -0.15) is 0 Å².